The highest BCUT2D eigenvalue weighted by Crippen LogP contribution is 1.91. The molecule has 1 aromatic rings. The summed E-state index contributed by atoms with van der Waals surface area (Å²) in [6, 6.07) is 1.86. The summed E-state index contributed by atoms with van der Waals surface area (Å²) < 4.78 is 6.42. The molecule has 0 aliphatic rings. The van der Waals surface area contributed by atoms with Gasteiger partial charge in [0.2, 0.25) is 5.91 Å². The van der Waals surface area contributed by atoms with Crippen LogP contribution in [0.2, 0.25) is 0 Å². The number of hydrogen-bond acceptors (Lipinski definition) is 3. The SMILES string of the molecule is COCCNC(=O)Cn1ccc(C)n1. The van der Waals surface area contributed by atoms with E-state index in [9.17, 15) is 4.79 Å². The number of nitrogens with zero attached hydrogens (tertiary/aromatic N) is 2. The Hall–Kier alpha value is -1.36. The van der Waals surface area contributed by atoms with Gasteiger partial charge < -0.3 is 10.1 Å². The molecule has 5 nitrogen and oxygen atoms in total. The van der Waals surface area contributed by atoms with Gasteiger partial charge in [0.15, 0.2) is 0 Å². The van der Waals surface area contributed by atoms with Gasteiger partial charge >= 0.3 is 0 Å². The second kappa shape index (κ2) is 5.39. The number of carbonyl (C=O) groups excluding carboxylic acids is 1. The largest absolute Gasteiger partial charge is 0.383 e. The van der Waals surface area contributed by atoms with E-state index in [-0.39, 0.29) is 12.5 Å². The predicted octanol–water partition coefficient (Wildman–Crippen LogP) is -0.0459. The van der Waals surface area contributed by atoms with E-state index in [0.29, 0.717) is 13.2 Å². The zero-order chi connectivity index (χ0) is 10.4. The zero-order valence-corrected chi connectivity index (χ0v) is 8.49. The molecule has 1 heterocycles. The topological polar surface area (TPSA) is 56.1 Å². The van der Waals surface area contributed by atoms with E-state index in [0.717, 1.165) is 5.69 Å². The maximum Gasteiger partial charge on any atom is 0.241 e. The Balaban J connectivity index is 2.27. The second-order valence-corrected chi connectivity index (χ2v) is 3.00. The summed E-state index contributed by atoms with van der Waals surface area (Å²) in [7, 11) is 1.60. The van der Waals surface area contributed by atoms with Crippen molar-refractivity contribution in [3.8, 4) is 0 Å². The lowest BCUT2D eigenvalue weighted by atomic mass is 10.5. The smallest absolute Gasteiger partial charge is 0.241 e. The Morgan fingerprint density at radius 3 is 3.07 bits per heavy atom. The fraction of sp³-hybridized carbons (Fsp3) is 0.556. The number of carbonyl (C=O) groups is 1. The predicted molar refractivity (Wildman–Crippen MR) is 51.8 cm³/mol. The van der Waals surface area contributed by atoms with Crippen molar-refractivity contribution in [2.45, 2.75) is 13.5 Å². The lowest BCUT2D eigenvalue weighted by Crippen LogP contribution is -2.30. The number of ether oxygens (including phenoxy) is 1. The molecular formula is C9H15N3O2. The maximum absolute atomic E-state index is 11.3. The number of nitrogens with one attached hydrogen (secondary N) is 1. The second-order valence-electron chi connectivity index (χ2n) is 3.00. The highest BCUT2D eigenvalue weighted by Gasteiger charge is 2.02. The van der Waals surface area contributed by atoms with Crippen LogP contribution >= 0.6 is 0 Å². The van der Waals surface area contributed by atoms with Crippen LogP contribution in [0.3, 0.4) is 0 Å². The molecule has 0 atom stereocenters. The molecule has 0 saturated heterocycles. The van der Waals surface area contributed by atoms with Gasteiger partial charge in [0.1, 0.15) is 6.54 Å². The zero-order valence-electron chi connectivity index (χ0n) is 8.49. The Morgan fingerprint density at radius 2 is 2.50 bits per heavy atom. The van der Waals surface area contributed by atoms with E-state index >= 15 is 0 Å². The molecule has 1 amide bonds. The monoisotopic (exact) mass is 197 g/mol. The molecule has 1 N–H and O–H groups in total. The normalized spacial score (nSPS) is 10.1. The summed E-state index contributed by atoms with van der Waals surface area (Å²) in [4.78, 5) is 11.3. The Morgan fingerprint density at radius 1 is 1.71 bits per heavy atom. The van der Waals surface area contributed by atoms with Crippen LogP contribution in [0.15, 0.2) is 12.3 Å². The quantitative estimate of drug-likeness (QED) is 0.673. The molecule has 0 unspecified atom stereocenters. The first-order chi connectivity index (χ1) is 6.72. The third-order valence-corrected chi connectivity index (χ3v) is 1.71. The Labute approximate surface area is 83.1 Å². The minimum absolute atomic E-state index is 0.0508. The summed E-state index contributed by atoms with van der Waals surface area (Å²) in [5.41, 5.74) is 0.912. The molecule has 0 aliphatic carbocycles. The number of rotatable bonds is 5. The maximum atomic E-state index is 11.3. The molecule has 14 heavy (non-hydrogen) atoms. The van der Waals surface area contributed by atoms with Gasteiger partial charge in [-0.05, 0) is 13.0 Å². The van der Waals surface area contributed by atoms with E-state index in [2.05, 4.69) is 10.4 Å². The Bertz CT molecular complexity index is 296. The van der Waals surface area contributed by atoms with Crippen LogP contribution in [0.1, 0.15) is 5.69 Å². The van der Waals surface area contributed by atoms with E-state index in [1.165, 1.54) is 0 Å². The van der Waals surface area contributed by atoms with Crippen molar-refractivity contribution in [2.24, 2.45) is 0 Å². The van der Waals surface area contributed by atoms with E-state index in [1.807, 2.05) is 13.0 Å². The molecule has 0 fully saturated rings. The molecule has 0 aromatic carbocycles. The van der Waals surface area contributed by atoms with Crippen molar-refractivity contribution < 1.29 is 9.53 Å². The van der Waals surface area contributed by atoms with Crippen LogP contribution in [0.5, 0.6) is 0 Å². The molecule has 0 saturated carbocycles. The third-order valence-electron chi connectivity index (χ3n) is 1.71. The summed E-state index contributed by atoms with van der Waals surface area (Å²) >= 11 is 0. The fourth-order valence-corrected chi connectivity index (χ4v) is 1.05. The average Bonchev–Trinajstić information content (AvgIpc) is 2.52. The highest BCUT2D eigenvalue weighted by atomic mass is 16.5. The summed E-state index contributed by atoms with van der Waals surface area (Å²) in [5, 5.41) is 6.82. The fourth-order valence-electron chi connectivity index (χ4n) is 1.05. The van der Waals surface area contributed by atoms with E-state index in [4.69, 9.17) is 4.74 Å². The highest BCUT2D eigenvalue weighted by molar-refractivity contribution is 5.75. The molecular weight excluding hydrogens is 182 g/mol. The lowest BCUT2D eigenvalue weighted by molar-refractivity contribution is -0.122. The van der Waals surface area contributed by atoms with Gasteiger partial charge in [0.25, 0.3) is 0 Å². The molecule has 5 heteroatoms. The van der Waals surface area contributed by atoms with Crippen molar-refractivity contribution in [1.82, 2.24) is 15.1 Å². The number of amides is 1. The minimum atomic E-state index is -0.0508. The first-order valence-corrected chi connectivity index (χ1v) is 4.48. The summed E-state index contributed by atoms with van der Waals surface area (Å²) in [6.07, 6.45) is 1.78. The summed E-state index contributed by atoms with van der Waals surface area (Å²) in [6.45, 7) is 3.22. The van der Waals surface area contributed by atoms with Crippen LogP contribution in [0, 0.1) is 6.92 Å². The van der Waals surface area contributed by atoms with Gasteiger partial charge in [-0.15, -0.1) is 0 Å². The van der Waals surface area contributed by atoms with Crippen LogP contribution in [0.25, 0.3) is 0 Å². The van der Waals surface area contributed by atoms with E-state index < -0.39 is 0 Å². The first kappa shape index (κ1) is 10.7. The molecule has 1 aromatic heterocycles. The van der Waals surface area contributed by atoms with Gasteiger partial charge in [-0.3, -0.25) is 9.48 Å². The van der Waals surface area contributed by atoms with Crippen LogP contribution in [0.4, 0.5) is 0 Å². The van der Waals surface area contributed by atoms with Gasteiger partial charge in [-0.25, -0.2) is 0 Å². The van der Waals surface area contributed by atoms with Crippen LogP contribution in [-0.4, -0.2) is 35.9 Å². The van der Waals surface area contributed by atoms with Crippen LogP contribution in [-0.2, 0) is 16.1 Å². The van der Waals surface area contributed by atoms with Gasteiger partial charge in [0, 0.05) is 19.9 Å². The number of hydrogen-bond donors (Lipinski definition) is 1. The molecule has 1 rings (SSSR count). The van der Waals surface area contributed by atoms with E-state index in [1.54, 1.807) is 18.0 Å². The van der Waals surface area contributed by atoms with Crippen molar-refractivity contribution in [1.29, 1.82) is 0 Å². The molecule has 0 bridgehead atoms. The number of aromatic nitrogens is 2. The van der Waals surface area contributed by atoms with Crippen molar-refractivity contribution >= 4 is 5.91 Å². The van der Waals surface area contributed by atoms with Gasteiger partial charge in [-0.1, -0.05) is 0 Å². The molecule has 0 radical (unpaired) electrons. The van der Waals surface area contributed by atoms with Gasteiger partial charge in [-0.2, -0.15) is 5.10 Å². The molecule has 0 spiro atoms. The third kappa shape index (κ3) is 3.57. The first-order valence-electron chi connectivity index (χ1n) is 4.48. The number of aryl methyl sites for hydroxylation is 1. The molecule has 78 valence electrons. The van der Waals surface area contributed by atoms with Crippen molar-refractivity contribution in [3.05, 3.63) is 18.0 Å². The summed E-state index contributed by atoms with van der Waals surface area (Å²) in [5.74, 6) is -0.0508. The number of methoxy groups -OCH3 is 1. The molecule has 0 aliphatic heterocycles. The Kier molecular flexibility index (Phi) is 4.12. The lowest BCUT2D eigenvalue weighted by Gasteiger charge is -2.03. The standard InChI is InChI=1S/C9H15N3O2/c1-8-3-5-12(11-8)7-9(13)10-4-6-14-2/h3,5H,4,6-7H2,1-2H3,(H,10,13). The average molecular weight is 197 g/mol. The van der Waals surface area contributed by atoms with Crippen molar-refractivity contribution in [3.63, 3.8) is 0 Å². The minimum Gasteiger partial charge on any atom is -0.383 e. The van der Waals surface area contributed by atoms with Crippen molar-refractivity contribution in [2.75, 3.05) is 20.3 Å². The van der Waals surface area contributed by atoms with Gasteiger partial charge in [0.05, 0.1) is 12.3 Å². The van der Waals surface area contributed by atoms with Crippen LogP contribution < -0.4 is 5.32 Å².